The van der Waals surface area contributed by atoms with Gasteiger partial charge in [0.25, 0.3) is 0 Å². The van der Waals surface area contributed by atoms with Crippen LogP contribution in [0.5, 0.6) is 0 Å². The first-order chi connectivity index (χ1) is 12.8. The van der Waals surface area contributed by atoms with Crippen LogP contribution in [-0.4, -0.2) is 37.2 Å². The van der Waals surface area contributed by atoms with Crippen LogP contribution >= 0.6 is 11.6 Å². The summed E-state index contributed by atoms with van der Waals surface area (Å²) >= 11 is 6.32. The Morgan fingerprint density at radius 3 is 2.19 bits per heavy atom. The molecule has 146 valence electrons. The SMILES string of the molecule is CCC(C(C)Cl)N(Cc1ccc(C(=O)OC)cc1)S(=O)(=O)c1ccccc1. The number of methoxy groups -OCH3 is 1. The number of rotatable bonds is 8. The van der Waals surface area contributed by atoms with Crippen molar-refractivity contribution in [3.05, 3.63) is 65.7 Å². The predicted molar refractivity (Wildman–Crippen MR) is 106 cm³/mol. The number of benzene rings is 2. The van der Waals surface area contributed by atoms with Gasteiger partial charge in [0.1, 0.15) is 0 Å². The first-order valence-electron chi connectivity index (χ1n) is 8.69. The van der Waals surface area contributed by atoms with Crippen LogP contribution in [0.3, 0.4) is 0 Å². The van der Waals surface area contributed by atoms with E-state index in [1.54, 1.807) is 61.5 Å². The normalized spacial score (nSPS) is 14.0. The molecule has 0 N–H and O–H groups in total. The van der Waals surface area contributed by atoms with Crippen molar-refractivity contribution in [2.24, 2.45) is 0 Å². The standard InChI is InChI=1S/C20H24ClNO4S/c1-4-19(15(2)21)22(27(24,25)18-8-6-5-7-9-18)14-16-10-12-17(13-11-16)20(23)26-3/h5-13,15,19H,4,14H2,1-3H3. The van der Waals surface area contributed by atoms with E-state index in [9.17, 15) is 13.2 Å². The molecule has 2 aromatic carbocycles. The van der Waals surface area contributed by atoms with Gasteiger partial charge in [0, 0.05) is 18.0 Å². The van der Waals surface area contributed by atoms with Crippen molar-refractivity contribution in [2.75, 3.05) is 7.11 Å². The highest BCUT2D eigenvalue weighted by Crippen LogP contribution is 2.26. The molecule has 0 aliphatic heterocycles. The summed E-state index contributed by atoms with van der Waals surface area (Å²) < 4.78 is 32.6. The van der Waals surface area contributed by atoms with Crippen molar-refractivity contribution >= 4 is 27.6 Å². The minimum Gasteiger partial charge on any atom is -0.465 e. The van der Waals surface area contributed by atoms with E-state index in [1.807, 2.05) is 6.92 Å². The van der Waals surface area contributed by atoms with E-state index in [0.717, 1.165) is 5.56 Å². The molecular weight excluding hydrogens is 386 g/mol. The zero-order chi connectivity index (χ0) is 20.0. The average molecular weight is 410 g/mol. The minimum absolute atomic E-state index is 0.161. The molecule has 0 saturated heterocycles. The van der Waals surface area contributed by atoms with Crippen LogP contribution in [-0.2, 0) is 21.3 Å². The first kappa shape index (κ1) is 21.4. The van der Waals surface area contributed by atoms with Crippen LogP contribution in [0.15, 0.2) is 59.5 Å². The molecule has 2 atom stereocenters. The number of carbonyl (C=O) groups excluding carboxylic acids is 1. The quantitative estimate of drug-likeness (QED) is 0.487. The molecular formula is C20H24ClNO4S. The van der Waals surface area contributed by atoms with Crippen LogP contribution in [0.2, 0.25) is 0 Å². The zero-order valence-corrected chi connectivity index (χ0v) is 17.2. The van der Waals surface area contributed by atoms with Gasteiger partial charge in [0.15, 0.2) is 0 Å². The molecule has 2 unspecified atom stereocenters. The Morgan fingerprint density at radius 1 is 1.11 bits per heavy atom. The van der Waals surface area contributed by atoms with Crippen molar-refractivity contribution < 1.29 is 17.9 Å². The molecule has 0 aliphatic rings. The zero-order valence-electron chi connectivity index (χ0n) is 15.6. The monoisotopic (exact) mass is 409 g/mol. The highest BCUT2D eigenvalue weighted by Gasteiger charge is 2.33. The third-order valence-corrected chi connectivity index (χ3v) is 6.56. The molecule has 0 aliphatic carbocycles. The molecule has 0 heterocycles. The molecule has 0 aromatic heterocycles. The second-order valence-electron chi connectivity index (χ2n) is 6.20. The van der Waals surface area contributed by atoms with Crippen LogP contribution in [0.25, 0.3) is 0 Å². The largest absolute Gasteiger partial charge is 0.465 e. The number of ether oxygens (including phenoxy) is 1. The van der Waals surface area contributed by atoms with Crippen molar-refractivity contribution in [1.82, 2.24) is 4.31 Å². The van der Waals surface area contributed by atoms with E-state index >= 15 is 0 Å². The molecule has 0 fully saturated rings. The lowest BCUT2D eigenvalue weighted by atomic mass is 10.1. The third kappa shape index (κ3) is 5.09. The van der Waals surface area contributed by atoms with Crippen LogP contribution in [0.1, 0.15) is 36.2 Å². The summed E-state index contributed by atoms with van der Waals surface area (Å²) in [5.74, 6) is -0.434. The highest BCUT2D eigenvalue weighted by molar-refractivity contribution is 7.89. The Kier molecular flexibility index (Phi) is 7.41. The molecule has 0 saturated carbocycles. The maximum absolute atomic E-state index is 13.3. The van der Waals surface area contributed by atoms with Gasteiger partial charge in [0.05, 0.1) is 17.6 Å². The summed E-state index contributed by atoms with van der Waals surface area (Å²) in [5.41, 5.74) is 1.18. The number of alkyl halides is 1. The summed E-state index contributed by atoms with van der Waals surface area (Å²) in [6, 6.07) is 14.7. The lowest BCUT2D eigenvalue weighted by Crippen LogP contribution is -2.43. The molecule has 5 nitrogen and oxygen atoms in total. The molecule has 27 heavy (non-hydrogen) atoms. The highest BCUT2D eigenvalue weighted by atomic mass is 35.5. The van der Waals surface area contributed by atoms with Gasteiger partial charge in [-0.25, -0.2) is 13.2 Å². The summed E-state index contributed by atoms with van der Waals surface area (Å²) in [5, 5.41) is -0.358. The first-order valence-corrected chi connectivity index (χ1v) is 10.6. The van der Waals surface area contributed by atoms with Gasteiger partial charge in [-0.2, -0.15) is 4.31 Å². The number of hydrogen-bond donors (Lipinski definition) is 0. The topological polar surface area (TPSA) is 63.7 Å². The summed E-state index contributed by atoms with van der Waals surface area (Å²) in [7, 11) is -2.41. The summed E-state index contributed by atoms with van der Waals surface area (Å²) in [6.45, 7) is 3.87. The fraction of sp³-hybridized carbons (Fsp3) is 0.350. The van der Waals surface area contributed by atoms with Gasteiger partial charge in [-0.3, -0.25) is 0 Å². The number of sulfonamides is 1. The van der Waals surface area contributed by atoms with Gasteiger partial charge in [-0.1, -0.05) is 37.3 Å². The van der Waals surface area contributed by atoms with E-state index in [1.165, 1.54) is 11.4 Å². The molecule has 0 spiro atoms. The molecule has 2 aromatic rings. The van der Waals surface area contributed by atoms with Gasteiger partial charge in [-0.05, 0) is 43.2 Å². The van der Waals surface area contributed by atoms with Crippen molar-refractivity contribution in [1.29, 1.82) is 0 Å². The Balaban J connectivity index is 2.40. The smallest absolute Gasteiger partial charge is 0.337 e. The van der Waals surface area contributed by atoms with Crippen LogP contribution in [0.4, 0.5) is 0 Å². The number of halogens is 1. The second kappa shape index (κ2) is 9.35. The number of nitrogens with zero attached hydrogens (tertiary/aromatic N) is 1. The predicted octanol–water partition coefficient (Wildman–Crippen LogP) is 4.07. The fourth-order valence-electron chi connectivity index (χ4n) is 2.91. The molecule has 0 bridgehead atoms. The minimum atomic E-state index is -3.73. The van der Waals surface area contributed by atoms with Crippen LogP contribution in [0, 0.1) is 0 Å². The van der Waals surface area contributed by atoms with Gasteiger partial charge < -0.3 is 4.74 Å². The molecule has 0 radical (unpaired) electrons. The van der Waals surface area contributed by atoms with Gasteiger partial charge >= 0.3 is 5.97 Å². The van der Waals surface area contributed by atoms with E-state index in [4.69, 9.17) is 16.3 Å². The van der Waals surface area contributed by atoms with Crippen LogP contribution < -0.4 is 0 Å². The average Bonchev–Trinajstić information content (AvgIpc) is 2.68. The van der Waals surface area contributed by atoms with Gasteiger partial charge in [-0.15, -0.1) is 11.6 Å². The Morgan fingerprint density at radius 2 is 1.70 bits per heavy atom. The maximum Gasteiger partial charge on any atom is 0.337 e. The van der Waals surface area contributed by atoms with E-state index in [0.29, 0.717) is 12.0 Å². The molecule has 2 rings (SSSR count). The third-order valence-electron chi connectivity index (χ3n) is 4.38. The fourth-order valence-corrected chi connectivity index (χ4v) is 5.07. The molecule has 7 heteroatoms. The van der Waals surface area contributed by atoms with Crippen molar-refractivity contribution in [2.45, 2.75) is 43.1 Å². The van der Waals surface area contributed by atoms with E-state index in [2.05, 4.69) is 0 Å². The number of esters is 1. The van der Waals surface area contributed by atoms with Crippen molar-refractivity contribution in [3.8, 4) is 0 Å². The maximum atomic E-state index is 13.3. The Labute approximate surface area is 166 Å². The number of carbonyl (C=O) groups is 1. The summed E-state index contributed by atoms with van der Waals surface area (Å²) in [6.07, 6.45) is 0.580. The van der Waals surface area contributed by atoms with Crippen molar-refractivity contribution in [3.63, 3.8) is 0 Å². The lowest BCUT2D eigenvalue weighted by Gasteiger charge is -2.32. The molecule has 0 amide bonds. The second-order valence-corrected chi connectivity index (χ2v) is 8.78. The van der Waals surface area contributed by atoms with Gasteiger partial charge in [0.2, 0.25) is 10.0 Å². The number of hydrogen-bond acceptors (Lipinski definition) is 4. The lowest BCUT2D eigenvalue weighted by molar-refractivity contribution is 0.0600. The Bertz CT molecular complexity index is 851. The van der Waals surface area contributed by atoms with E-state index in [-0.39, 0.29) is 22.9 Å². The van der Waals surface area contributed by atoms with E-state index < -0.39 is 16.0 Å². The Hall–Kier alpha value is -1.89. The summed E-state index contributed by atoms with van der Waals surface area (Å²) in [4.78, 5) is 11.8.